The lowest BCUT2D eigenvalue weighted by molar-refractivity contribution is -0.142. The molecule has 1 N–H and O–H groups in total. The number of carbonyl (C=O) groups is 2. The Labute approximate surface area is 203 Å². The summed E-state index contributed by atoms with van der Waals surface area (Å²) in [4.78, 5) is 27.9. The zero-order valence-corrected chi connectivity index (χ0v) is 20.5. The number of nitrogens with one attached hydrogen (secondary N) is 1. The summed E-state index contributed by atoms with van der Waals surface area (Å²) in [6, 6.07) is 24.6. The molecule has 0 aliphatic rings. The maximum Gasteiger partial charge on any atom is 0.261 e. The summed E-state index contributed by atoms with van der Waals surface area (Å²) in [5, 5.41) is 2.72. The highest BCUT2D eigenvalue weighted by Gasteiger charge is 2.30. The molecule has 0 aliphatic heterocycles. The third-order valence-corrected chi connectivity index (χ3v) is 6.09. The van der Waals surface area contributed by atoms with Crippen LogP contribution in [0.1, 0.15) is 23.6 Å². The van der Waals surface area contributed by atoms with Crippen molar-refractivity contribution in [3.05, 3.63) is 100 Å². The fourth-order valence-electron chi connectivity index (χ4n) is 3.60. The highest BCUT2D eigenvalue weighted by molar-refractivity contribution is 9.10. The van der Waals surface area contributed by atoms with Gasteiger partial charge in [-0.05, 0) is 51.2 Å². The molecule has 0 aromatic heterocycles. The van der Waals surface area contributed by atoms with Crippen molar-refractivity contribution in [3.8, 4) is 5.75 Å². The van der Waals surface area contributed by atoms with Crippen molar-refractivity contribution in [2.75, 3.05) is 13.7 Å². The van der Waals surface area contributed by atoms with E-state index in [0.29, 0.717) is 18.7 Å². The maximum absolute atomic E-state index is 13.4. The van der Waals surface area contributed by atoms with Crippen LogP contribution in [-0.4, -0.2) is 36.4 Å². The van der Waals surface area contributed by atoms with E-state index in [9.17, 15) is 9.59 Å². The molecule has 0 fully saturated rings. The molecule has 33 heavy (non-hydrogen) atoms. The van der Waals surface area contributed by atoms with Crippen LogP contribution in [0.15, 0.2) is 83.3 Å². The Kier molecular flexibility index (Phi) is 9.07. The number of likely N-dealkylation sites (N-methyl/N-ethyl adjacent to an activating group) is 1. The van der Waals surface area contributed by atoms with Crippen LogP contribution < -0.4 is 10.1 Å². The molecule has 0 heterocycles. The minimum atomic E-state index is -0.667. The van der Waals surface area contributed by atoms with Gasteiger partial charge in [-0.15, -0.1) is 0 Å². The summed E-state index contributed by atoms with van der Waals surface area (Å²) >= 11 is 3.52. The molecule has 0 aliphatic carbocycles. The van der Waals surface area contributed by atoms with Crippen LogP contribution in [0.2, 0.25) is 0 Å². The first-order valence-electron chi connectivity index (χ1n) is 11.0. The second-order valence-corrected chi connectivity index (χ2v) is 8.59. The van der Waals surface area contributed by atoms with E-state index in [1.807, 2.05) is 78.9 Å². The van der Waals surface area contributed by atoms with Gasteiger partial charge in [-0.3, -0.25) is 9.59 Å². The Morgan fingerprint density at radius 1 is 0.939 bits per heavy atom. The summed E-state index contributed by atoms with van der Waals surface area (Å²) in [5.41, 5.74) is 3.10. The molecule has 0 bridgehead atoms. The van der Waals surface area contributed by atoms with Crippen molar-refractivity contribution >= 4 is 27.7 Å². The minimum Gasteiger partial charge on any atom is -0.483 e. The molecule has 5 nitrogen and oxygen atoms in total. The molecule has 0 spiro atoms. The van der Waals surface area contributed by atoms with E-state index in [1.165, 1.54) is 5.56 Å². The van der Waals surface area contributed by atoms with Gasteiger partial charge in [0.1, 0.15) is 11.8 Å². The zero-order valence-electron chi connectivity index (χ0n) is 19.0. The van der Waals surface area contributed by atoms with E-state index in [0.717, 1.165) is 22.0 Å². The number of nitrogens with zero attached hydrogens (tertiary/aromatic N) is 1. The molecule has 6 heteroatoms. The van der Waals surface area contributed by atoms with Crippen molar-refractivity contribution in [2.45, 2.75) is 32.4 Å². The standard InChI is InChI=1S/C27H29BrN2O3/c1-3-20-14-15-25(23(28)16-20)33-19-26(31)30(18-22-12-8-5-9-13-22)24(27(32)29-2)17-21-10-6-4-7-11-21/h4-16,24H,3,17-19H2,1-2H3,(H,29,32). The van der Waals surface area contributed by atoms with Crippen molar-refractivity contribution in [1.29, 1.82) is 0 Å². The Morgan fingerprint density at radius 3 is 2.15 bits per heavy atom. The molecule has 2 amide bonds. The lowest BCUT2D eigenvalue weighted by atomic mass is 10.0. The third-order valence-electron chi connectivity index (χ3n) is 5.47. The third kappa shape index (κ3) is 6.93. The van der Waals surface area contributed by atoms with Gasteiger partial charge in [0.05, 0.1) is 4.47 Å². The smallest absolute Gasteiger partial charge is 0.261 e. The minimum absolute atomic E-state index is 0.167. The van der Waals surface area contributed by atoms with Crippen LogP contribution in [0.5, 0.6) is 5.75 Å². The lowest BCUT2D eigenvalue weighted by Crippen LogP contribution is -2.51. The average Bonchev–Trinajstić information content (AvgIpc) is 2.85. The van der Waals surface area contributed by atoms with Crippen molar-refractivity contribution in [3.63, 3.8) is 0 Å². The Hall–Kier alpha value is -3.12. The molecule has 1 atom stereocenters. The van der Waals surface area contributed by atoms with Crippen LogP contribution in [0.3, 0.4) is 0 Å². The second-order valence-electron chi connectivity index (χ2n) is 7.73. The van der Waals surface area contributed by atoms with Gasteiger partial charge in [0.15, 0.2) is 6.61 Å². The highest BCUT2D eigenvalue weighted by atomic mass is 79.9. The molecule has 0 radical (unpaired) electrons. The molecule has 1 unspecified atom stereocenters. The van der Waals surface area contributed by atoms with E-state index in [4.69, 9.17) is 4.74 Å². The normalized spacial score (nSPS) is 11.5. The van der Waals surface area contributed by atoms with E-state index in [-0.39, 0.29) is 18.4 Å². The maximum atomic E-state index is 13.4. The van der Waals surface area contributed by atoms with Crippen molar-refractivity contribution in [1.82, 2.24) is 10.2 Å². The number of hydrogen-bond acceptors (Lipinski definition) is 3. The number of amides is 2. The summed E-state index contributed by atoms with van der Waals surface area (Å²) in [6.07, 6.45) is 1.32. The van der Waals surface area contributed by atoms with Gasteiger partial charge in [-0.25, -0.2) is 0 Å². The number of aryl methyl sites for hydroxylation is 1. The molecule has 0 saturated heterocycles. The summed E-state index contributed by atoms with van der Waals surface area (Å²) < 4.78 is 6.66. The predicted molar refractivity (Wildman–Crippen MR) is 134 cm³/mol. The number of benzene rings is 3. The molecule has 3 aromatic rings. The number of hydrogen-bond donors (Lipinski definition) is 1. The Bertz CT molecular complexity index is 1060. The Balaban J connectivity index is 1.85. The fraction of sp³-hybridized carbons (Fsp3) is 0.259. The van der Waals surface area contributed by atoms with Crippen molar-refractivity contribution in [2.24, 2.45) is 0 Å². The van der Waals surface area contributed by atoms with Crippen LogP contribution in [0, 0.1) is 0 Å². The largest absolute Gasteiger partial charge is 0.483 e. The van der Waals surface area contributed by atoms with E-state index < -0.39 is 6.04 Å². The number of ether oxygens (including phenoxy) is 1. The lowest BCUT2D eigenvalue weighted by Gasteiger charge is -2.31. The molecule has 0 saturated carbocycles. The molecule has 3 rings (SSSR count). The summed E-state index contributed by atoms with van der Waals surface area (Å²) in [6.45, 7) is 2.22. The van der Waals surface area contributed by atoms with Crippen LogP contribution in [-0.2, 0) is 29.0 Å². The summed E-state index contributed by atoms with van der Waals surface area (Å²) in [5.74, 6) is 0.131. The predicted octanol–water partition coefficient (Wildman–Crippen LogP) is 4.78. The van der Waals surface area contributed by atoms with E-state index in [1.54, 1.807) is 11.9 Å². The topological polar surface area (TPSA) is 58.6 Å². The number of rotatable bonds is 10. The number of carbonyl (C=O) groups excluding carboxylic acids is 2. The van der Waals surface area contributed by atoms with Gasteiger partial charge in [0.2, 0.25) is 5.91 Å². The SMILES string of the molecule is CCc1ccc(OCC(=O)N(Cc2ccccc2)C(Cc2ccccc2)C(=O)NC)c(Br)c1. The van der Waals surface area contributed by atoms with Crippen LogP contribution in [0.25, 0.3) is 0 Å². The van der Waals surface area contributed by atoms with Gasteiger partial charge >= 0.3 is 0 Å². The van der Waals surface area contributed by atoms with Gasteiger partial charge < -0.3 is 15.0 Å². The van der Waals surface area contributed by atoms with E-state index >= 15 is 0 Å². The van der Waals surface area contributed by atoms with Gasteiger partial charge in [0.25, 0.3) is 5.91 Å². The highest BCUT2D eigenvalue weighted by Crippen LogP contribution is 2.26. The van der Waals surface area contributed by atoms with Gasteiger partial charge in [0, 0.05) is 20.0 Å². The van der Waals surface area contributed by atoms with Gasteiger partial charge in [-0.1, -0.05) is 73.7 Å². The average molecular weight is 509 g/mol. The molecular weight excluding hydrogens is 480 g/mol. The zero-order chi connectivity index (χ0) is 23.6. The van der Waals surface area contributed by atoms with Gasteiger partial charge in [-0.2, -0.15) is 0 Å². The van der Waals surface area contributed by atoms with E-state index in [2.05, 4.69) is 28.2 Å². The quantitative estimate of drug-likeness (QED) is 0.428. The van der Waals surface area contributed by atoms with Crippen LogP contribution in [0.4, 0.5) is 0 Å². The Morgan fingerprint density at radius 2 is 1.58 bits per heavy atom. The van der Waals surface area contributed by atoms with Crippen LogP contribution >= 0.6 is 15.9 Å². The molecular formula is C27H29BrN2O3. The number of halogens is 1. The first kappa shape index (κ1) is 24.5. The molecule has 172 valence electrons. The summed E-state index contributed by atoms with van der Waals surface area (Å²) in [7, 11) is 1.59. The first-order valence-corrected chi connectivity index (χ1v) is 11.8. The fourth-order valence-corrected chi connectivity index (χ4v) is 4.15. The monoisotopic (exact) mass is 508 g/mol. The molecule has 3 aromatic carbocycles. The first-order chi connectivity index (χ1) is 16.0. The van der Waals surface area contributed by atoms with Crippen molar-refractivity contribution < 1.29 is 14.3 Å². The second kappa shape index (κ2) is 12.2.